The summed E-state index contributed by atoms with van der Waals surface area (Å²) in [5.41, 5.74) is -1.31. The maximum atomic E-state index is 12.0. The van der Waals surface area contributed by atoms with Crippen LogP contribution in [0.5, 0.6) is 0 Å². The number of hydrogen-bond donors (Lipinski definition) is 2. The largest absolute Gasteiger partial charge is 0.459 e. The van der Waals surface area contributed by atoms with Crippen LogP contribution in [0.25, 0.3) is 0 Å². The number of ether oxygens (including phenoxy) is 2. The summed E-state index contributed by atoms with van der Waals surface area (Å²) in [6, 6.07) is 0. The van der Waals surface area contributed by atoms with Gasteiger partial charge in [0.05, 0.1) is 6.10 Å². The Morgan fingerprint density at radius 2 is 2.08 bits per heavy atom. The molecule has 3 fully saturated rings. The Bertz CT molecular complexity index is 640. The number of carbonyl (C=O) groups is 2. The maximum absolute atomic E-state index is 12.0. The van der Waals surface area contributed by atoms with E-state index < -0.39 is 41.1 Å². The van der Waals surface area contributed by atoms with Crippen LogP contribution in [0.1, 0.15) is 39.5 Å². The quantitative estimate of drug-likeness (QED) is 0.592. The van der Waals surface area contributed by atoms with E-state index in [1.807, 2.05) is 6.92 Å². The van der Waals surface area contributed by atoms with Gasteiger partial charge in [-0.05, 0) is 32.6 Å². The molecule has 0 aromatic carbocycles. The lowest BCUT2D eigenvalue weighted by atomic mass is 9.51. The minimum atomic E-state index is -1.37. The first kappa shape index (κ1) is 18.1. The topological polar surface area (TPSA) is 93.1 Å². The molecule has 2 N–H and O–H groups in total. The van der Waals surface area contributed by atoms with Crippen molar-refractivity contribution in [3.05, 3.63) is 24.3 Å². The average molecular weight is 350 g/mol. The molecule has 6 atom stereocenters. The van der Waals surface area contributed by atoms with E-state index in [1.54, 1.807) is 6.92 Å². The molecular weight excluding hydrogens is 324 g/mol. The molecule has 0 radical (unpaired) electrons. The fourth-order valence-electron chi connectivity index (χ4n) is 4.91. The zero-order chi connectivity index (χ0) is 18.6. The lowest BCUT2D eigenvalue weighted by Crippen LogP contribution is -2.65. The van der Waals surface area contributed by atoms with Gasteiger partial charge in [0, 0.05) is 28.4 Å². The average Bonchev–Trinajstić information content (AvgIpc) is 2.83. The lowest BCUT2D eigenvalue weighted by Gasteiger charge is -2.57. The summed E-state index contributed by atoms with van der Waals surface area (Å²) >= 11 is 0. The monoisotopic (exact) mass is 350 g/mol. The molecule has 138 valence electrons. The van der Waals surface area contributed by atoms with Crippen molar-refractivity contribution in [2.24, 2.45) is 17.3 Å². The number of aliphatic hydroxyl groups excluding tert-OH is 1. The second kappa shape index (κ2) is 5.95. The molecule has 0 bridgehead atoms. The molecule has 0 spiro atoms. The van der Waals surface area contributed by atoms with Crippen molar-refractivity contribution < 1.29 is 29.3 Å². The Morgan fingerprint density at radius 3 is 2.72 bits per heavy atom. The highest BCUT2D eigenvalue weighted by atomic mass is 16.6. The molecule has 1 saturated heterocycles. The van der Waals surface area contributed by atoms with Gasteiger partial charge in [-0.15, -0.1) is 0 Å². The molecule has 3 rings (SSSR count). The van der Waals surface area contributed by atoms with Gasteiger partial charge >= 0.3 is 11.9 Å². The highest BCUT2D eigenvalue weighted by Gasteiger charge is 2.64. The van der Waals surface area contributed by atoms with Crippen LogP contribution in [0, 0.1) is 17.3 Å². The van der Waals surface area contributed by atoms with Crippen LogP contribution in [-0.4, -0.2) is 46.6 Å². The molecule has 6 heteroatoms. The van der Waals surface area contributed by atoms with Gasteiger partial charge in [-0.1, -0.05) is 20.1 Å². The van der Waals surface area contributed by atoms with Gasteiger partial charge in [0.15, 0.2) is 0 Å². The first-order chi connectivity index (χ1) is 11.6. The van der Waals surface area contributed by atoms with Crippen LogP contribution in [0.3, 0.4) is 0 Å². The summed E-state index contributed by atoms with van der Waals surface area (Å²) in [5.74, 6) is -1.70. The third-order valence-corrected chi connectivity index (χ3v) is 6.38. The summed E-state index contributed by atoms with van der Waals surface area (Å²) in [5, 5.41) is 22.0. The van der Waals surface area contributed by atoms with Crippen molar-refractivity contribution >= 4 is 11.9 Å². The predicted octanol–water partition coefficient (Wildman–Crippen LogP) is 1.51. The molecule has 6 unspecified atom stereocenters. The molecule has 0 aromatic rings. The van der Waals surface area contributed by atoms with Gasteiger partial charge in [-0.25, -0.2) is 9.59 Å². The number of rotatable bonds is 3. The van der Waals surface area contributed by atoms with Crippen LogP contribution in [0.2, 0.25) is 0 Å². The summed E-state index contributed by atoms with van der Waals surface area (Å²) in [6.45, 7) is 10.6. The van der Waals surface area contributed by atoms with Gasteiger partial charge in [-0.3, -0.25) is 0 Å². The van der Waals surface area contributed by atoms with Crippen molar-refractivity contribution in [2.45, 2.75) is 57.3 Å². The van der Waals surface area contributed by atoms with Gasteiger partial charge in [0.25, 0.3) is 0 Å². The van der Waals surface area contributed by atoms with Crippen LogP contribution in [0.15, 0.2) is 24.3 Å². The second-order valence-electron chi connectivity index (χ2n) is 8.04. The summed E-state index contributed by atoms with van der Waals surface area (Å²) in [4.78, 5) is 23.8. The van der Waals surface area contributed by atoms with Gasteiger partial charge in [0.1, 0.15) is 18.3 Å². The van der Waals surface area contributed by atoms with E-state index in [4.69, 9.17) is 9.47 Å². The SMILES string of the molecule is C=C(C)C(=O)OCC1(O)CCC(O)C2(C)CCC3C(=C)C(=O)OC3C12. The summed E-state index contributed by atoms with van der Waals surface area (Å²) in [7, 11) is 0. The standard InChI is InChI=1S/C19H26O6/c1-10(2)16(21)24-9-19(23)8-6-13(20)18(4)7-5-12-11(3)17(22)25-14(12)15(18)19/h12-15,20,23H,1,3,5-9H2,2,4H3. The first-order valence-electron chi connectivity index (χ1n) is 8.73. The molecule has 3 aliphatic rings. The normalized spacial score (nSPS) is 43.0. The van der Waals surface area contributed by atoms with Crippen LogP contribution < -0.4 is 0 Å². The fraction of sp³-hybridized carbons (Fsp3) is 0.684. The smallest absolute Gasteiger partial charge is 0.334 e. The van der Waals surface area contributed by atoms with Crippen molar-refractivity contribution in [3.63, 3.8) is 0 Å². The van der Waals surface area contributed by atoms with E-state index in [1.165, 1.54) is 0 Å². The number of carbonyl (C=O) groups excluding carboxylic acids is 2. The Morgan fingerprint density at radius 1 is 1.40 bits per heavy atom. The maximum Gasteiger partial charge on any atom is 0.334 e. The van der Waals surface area contributed by atoms with Crippen LogP contribution >= 0.6 is 0 Å². The summed E-state index contributed by atoms with van der Waals surface area (Å²) in [6.07, 6.45) is 0.837. The van der Waals surface area contributed by atoms with Gasteiger partial charge < -0.3 is 19.7 Å². The van der Waals surface area contributed by atoms with Crippen molar-refractivity contribution in [3.8, 4) is 0 Å². The molecule has 2 aliphatic carbocycles. The fourth-order valence-corrected chi connectivity index (χ4v) is 4.91. The zero-order valence-corrected chi connectivity index (χ0v) is 14.8. The number of aliphatic hydroxyl groups is 2. The number of esters is 2. The van der Waals surface area contributed by atoms with Crippen molar-refractivity contribution in [1.82, 2.24) is 0 Å². The van der Waals surface area contributed by atoms with E-state index in [2.05, 4.69) is 13.2 Å². The Labute approximate surface area is 147 Å². The third kappa shape index (κ3) is 2.72. The highest BCUT2D eigenvalue weighted by Crippen LogP contribution is 2.58. The Kier molecular flexibility index (Phi) is 4.32. The molecule has 2 saturated carbocycles. The van der Waals surface area contributed by atoms with E-state index in [0.717, 1.165) is 0 Å². The zero-order valence-electron chi connectivity index (χ0n) is 14.8. The minimum Gasteiger partial charge on any atom is -0.459 e. The van der Waals surface area contributed by atoms with Crippen LogP contribution in [0.4, 0.5) is 0 Å². The van der Waals surface area contributed by atoms with Crippen molar-refractivity contribution in [1.29, 1.82) is 0 Å². The van der Waals surface area contributed by atoms with E-state index in [9.17, 15) is 19.8 Å². The van der Waals surface area contributed by atoms with E-state index in [0.29, 0.717) is 24.8 Å². The molecular formula is C19H26O6. The molecule has 0 aromatic heterocycles. The molecule has 1 aliphatic heterocycles. The number of hydrogen-bond acceptors (Lipinski definition) is 6. The second-order valence-corrected chi connectivity index (χ2v) is 8.04. The van der Waals surface area contributed by atoms with E-state index in [-0.39, 0.29) is 24.5 Å². The Balaban J connectivity index is 1.93. The third-order valence-electron chi connectivity index (χ3n) is 6.38. The minimum absolute atomic E-state index is 0.167. The Hall–Kier alpha value is -1.66. The van der Waals surface area contributed by atoms with Crippen molar-refractivity contribution in [2.75, 3.05) is 6.61 Å². The first-order valence-corrected chi connectivity index (χ1v) is 8.73. The lowest BCUT2D eigenvalue weighted by molar-refractivity contribution is -0.231. The van der Waals surface area contributed by atoms with E-state index >= 15 is 0 Å². The predicted molar refractivity (Wildman–Crippen MR) is 89.3 cm³/mol. The van der Waals surface area contributed by atoms with Gasteiger partial charge in [-0.2, -0.15) is 0 Å². The van der Waals surface area contributed by atoms with Gasteiger partial charge in [0.2, 0.25) is 0 Å². The molecule has 6 nitrogen and oxygen atoms in total. The molecule has 1 heterocycles. The highest BCUT2D eigenvalue weighted by molar-refractivity contribution is 5.91. The molecule has 0 amide bonds. The summed E-state index contributed by atoms with van der Waals surface area (Å²) < 4.78 is 10.8. The van der Waals surface area contributed by atoms with Crippen LogP contribution in [-0.2, 0) is 19.1 Å². The molecule has 25 heavy (non-hydrogen) atoms. The number of fused-ring (bicyclic) bond motifs is 3.